The highest BCUT2D eigenvalue weighted by Crippen LogP contribution is 2.27. The van der Waals surface area contributed by atoms with E-state index in [4.69, 9.17) is 4.74 Å². The van der Waals surface area contributed by atoms with Crippen LogP contribution in [0.4, 0.5) is 0 Å². The average Bonchev–Trinajstić information content (AvgIpc) is 2.68. The van der Waals surface area contributed by atoms with Crippen molar-refractivity contribution in [1.82, 2.24) is 9.73 Å². The van der Waals surface area contributed by atoms with Gasteiger partial charge < -0.3 is 4.74 Å². The largest absolute Gasteiger partial charge is 0.495 e. The number of hydrogen-bond acceptors (Lipinski definition) is 6. The van der Waals surface area contributed by atoms with Crippen LogP contribution in [-0.4, -0.2) is 51.8 Å². The number of aryl methyl sites for hydroxylation is 1. The molecule has 2 rings (SSSR count). The smallest absolute Gasteiger partial charge is 0.255 e. The summed E-state index contributed by atoms with van der Waals surface area (Å²) < 4.78 is 31.7. The minimum absolute atomic E-state index is 0.0164. The molecule has 9 heteroatoms. The van der Waals surface area contributed by atoms with E-state index in [1.807, 2.05) is 30.5 Å². The van der Waals surface area contributed by atoms with Gasteiger partial charge in [0.25, 0.3) is 5.91 Å². The highest BCUT2D eigenvalue weighted by atomic mass is 32.2. The molecule has 2 aromatic carbocycles. The van der Waals surface area contributed by atoms with Gasteiger partial charge in [0.1, 0.15) is 10.6 Å². The van der Waals surface area contributed by atoms with Gasteiger partial charge in [-0.2, -0.15) is 9.41 Å². The second kappa shape index (κ2) is 9.72. The number of hydrogen-bond donors (Lipinski definition) is 1. The predicted octanol–water partition coefficient (Wildman–Crippen LogP) is 2.50. The van der Waals surface area contributed by atoms with Gasteiger partial charge in [0.05, 0.1) is 19.9 Å². The van der Waals surface area contributed by atoms with Crippen LogP contribution in [0.2, 0.25) is 0 Å². The first-order chi connectivity index (χ1) is 13.3. The van der Waals surface area contributed by atoms with E-state index in [1.165, 1.54) is 26.4 Å². The molecule has 0 unspecified atom stereocenters. The molecule has 0 saturated heterocycles. The number of likely N-dealkylation sites (N-methyl/N-ethyl adjacent to an activating group) is 1. The van der Waals surface area contributed by atoms with E-state index in [-0.39, 0.29) is 17.2 Å². The molecule has 1 N–H and O–H groups in total. The van der Waals surface area contributed by atoms with Crippen molar-refractivity contribution in [3.8, 4) is 5.75 Å². The summed E-state index contributed by atoms with van der Waals surface area (Å²) in [6, 6.07) is 12.5. The maximum Gasteiger partial charge on any atom is 0.255 e. The monoisotopic (exact) mass is 421 g/mol. The van der Waals surface area contributed by atoms with Gasteiger partial charge in [-0.3, -0.25) is 4.79 Å². The number of carbonyl (C=O) groups excluding carboxylic acids is 1. The van der Waals surface area contributed by atoms with Crippen molar-refractivity contribution in [1.29, 1.82) is 0 Å². The molecule has 0 aliphatic carbocycles. The number of sulfonamides is 1. The first-order valence-corrected chi connectivity index (χ1v) is 11.0. The maximum atomic E-state index is 12.8. The van der Waals surface area contributed by atoms with Gasteiger partial charge in [-0.15, -0.1) is 11.8 Å². The van der Waals surface area contributed by atoms with Crippen molar-refractivity contribution in [2.45, 2.75) is 16.7 Å². The van der Waals surface area contributed by atoms with Crippen LogP contribution in [0.5, 0.6) is 5.75 Å². The molecular weight excluding hydrogens is 398 g/mol. The summed E-state index contributed by atoms with van der Waals surface area (Å²) in [5.41, 5.74) is 3.94. The molecule has 0 spiro atoms. The minimum Gasteiger partial charge on any atom is -0.495 e. The van der Waals surface area contributed by atoms with Crippen LogP contribution in [-0.2, 0) is 14.8 Å². The van der Waals surface area contributed by atoms with E-state index in [0.717, 1.165) is 20.3 Å². The van der Waals surface area contributed by atoms with Crippen LogP contribution >= 0.6 is 11.8 Å². The van der Waals surface area contributed by atoms with E-state index in [0.29, 0.717) is 0 Å². The molecule has 28 heavy (non-hydrogen) atoms. The highest BCUT2D eigenvalue weighted by molar-refractivity contribution is 7.98. The molecule has 7 nitrogen and oxygen atoms in total. The maximum absolute atomic E-state index is 12.8. The zero-order valence-electron chi connectivity index (χ0n) is 16.2. The van der Waals surface area contributed by atoms with Crippen molar-refractivity contribution in [2.75, 3.05) is 27.0 Å². The summed E-state index contributed by atoms with van der Waals surface area (Å²) in [6.07, 6.45) is 3.49. The zero-order chi connectivity index (χ0) is 20.7. The second-order valence-corrected chi connectivity index (χ2v) is 8.87. The van der Waals surface area contributed by atoms with E-state index >= 15 is 0 Å². The Hall–Kier alpha value is -2.36. The van der Waals surface area contributed by atoms with E-state index in [9.17, 15) is 13.2 Å². The van der Waals surface area contributed by atoms with Gasteiger partial charge in [-0.05, 0) is 48.6 Å². The van der Waals surface area contributed by atoms with Gasteiger partial charge in [0.15, 0.2) is 0 Å². The first kappa shape index (κ1) is 21.9. The Balaban J connectivity index is 2.02. The van der Waals surface area contributed by atoms with Gasteiger partial charge >= 0.3 is 0 Å². The number of ether oxygens (including phenoxy) is 1. The molecule has 0 aliphatic rings. The Labute approximate surface area is 169 Å². The Morgan fingerprint density at radius 2 is 1.93 bits per heavy atom. The number of methoxy groups -OCH3 is 1. The third kappa shape index (κ3) is 5.57. The SMILES string of the molecule is COc1ccc(C)cc1S(=O)(=O)N(C)CC(=O)NN=Cc1ccc(SC)cc1. The first-order valence-electron chi connectivity index (χ1n) is 8.35. The fourth-order valence-electron chi connectivity index (χ4n) is 2.34. The standard InChI is InChI=1S/C19H23N3O4S2/c1-14-5-10-17(26-3)18(11-14)28(24,25)22(2)13-19(23)21-20-12-15-6-8-16(27-4)9-7-15/h5-12H,13H2,1-4H3,(H,21,23). The van der Waals surface area contributed by atoms with Crippen LogP contribution in [0.15, 0.2) is 57.4 Å². The molecule has 0 heterocycles. The Morgan fingerprint density at radius 1 is 1.25 bits per heavy atom. The highest BCUT2D eigenvalue weighted by Gasteiger charge is 2.26. The fourth-order valence-corrected chi connectivity index (χ4v) is 4.12. The third-order valence-electron chi connectivity index (χ3n) is 3.89. The number of thioether (sulfide) groups is 1. The van der Waals surface area contributed by atoms with Crippen molar-refractivity contribution in [3.05, 3.63) is 53.6 Å². The van der Waals surface area contributed by atoms with Crippen molar-refractivity contribution >= 4 is 33.9 Å². The lowest BCUT2D eigenvalue weighted by atomic mass is 10.2. The lowest BCUT2D eigenvalue weighted by molar-refractivity contribution is -0.121. The van der Waals surface area contributed by atoms with E-state index < -0.39 is 15.9 Å². The number of carbonyl (C=O) groups is 1. The normalized spacial score (nSPS) is 11.8. The molecular formula is C19H23N3O4S2. The number of hydrazone groups is 1. The van der Waals surface area contributed by atoms with E-state index in [2.05, 4.69) is 10.5 Å². The molecule has 0 bridgehead atoms. The summed E-state index contributed by atoms with van der Waals surface area (Å²) in [4.78, 5) is 13.2. The van der Waals surface area contributed by atoms with E-state index in [1.54, 1.807) is 30.8 Å². The summed E-state index contributed by atoms with van der Waals surface area (Å²) >= 11 is 1.63. The van der Waals surface area contributed by atoms with Crippen LogP contribution in [0.25, 0.3) is 0 Å². The third-order valence-corrected chi connectivity index (χ3v) is 6.46. The van der Waals surface area contributed by atoms with Crippen molar-refractivity contribution in [2.24, 2.45) is 5.10 Å². The minimum atomic E-state index is -3.89. The molecule has 150 valence electrons. The fraction of sp³-hybridized carbons (Fsp3) is 0.263. The summed E-state index contributed by atoms with van der Waals surface area (Å²) in [5, 5.41) is 3.88. The summed E-state index contributed by atoms with van der Waals surface area (Å²) in [5.74, 6) is -0.320. The quantitative estimate of drug-likeness (QED) is 0.402. The van der Waals surface area contributed by atoms with Crippen molar-refractivity contribution in [3.63, 3.8) is 0 Å². The topological polar surface area (TPSA) is 88.1 Å². The summed E-state index contributed by atoms with van der Waals surface area (Å²) in [7, 11) is -1.16. The average molecular weight is 422 g/mol. The molecule has 0 fully saturated rings. The molecule has 2 aromatic rings. The number of benzene rings is 2. The number of rotatable bonds is 8. The molecule has 0 aliphatic heterocycles. The molecule has 0 saturated carbocycles. The Kier molecular flexibility index (Phi) is 7.61. The van der Waals surface area contributed by atoms with Crippen LogP contribution in [0.3, 0.4) is 0 Å². The zero-order valence-corrected chi connectivity index (χ0v) is 17.8. The molecule has 0 atom stereocenters. The van der Waals surface area contributed by atoms with Crippen LogP contribution < -0.4 is 10.2 Å². The van der Waals surface area contributed by atoms with Gasteiger partial charge in [-0.1, -0.05) is 18.2 Å². The predicted molar refractivity (Wildman–Crippen MR) is 112 cm³/mol. The lowest BCUT2D eigenvalue weighted by Crippen LogP contribution is -2.36. The Morgan fingerprint density at radius 3 is 2.54 bits per heavy atom. The summed E-state index contributed by atoms with van der Waals surface area (Å²) in [6.45, 7) is 1.41. The van der Waals surface area contributed by atoms with Gasteiger partial charge in [0, 0.05) is 11.9 Å². The van der Waals surface area contributed by atoms with Crippen LogP contribution in [0, 0.1) is 6.92 Å². The molecule has 0 aromatic heterocycles. The lowest BCUT2D eigenvalue weighted by Gasteiger charge is -2.18. The number of nitrogens with zero attached hydrogens (tertiary/aromatic N) is 2. The molecule has 1 amide bonds. The van der Waals surface area contributed by atoms with Crippen molar-refractivity contribution < 1.29 is 17.9 Å². The van der Waals surface area contributed by atoms with Crippen LogP contribution in [0.1, 0.15) is 11.1 Å². The van der Waals surface area contributed by atoms with Gasteiger partial charge in [-0.25, -0.2) is 13.8 Å². The molecule has 0 radical (unpaired) electrons. The Bertz CT molecular complexity index is 958. The number of nitrogens with one attached hydrogen (secondary N) is 1. The van der Waals surface area contributed by atoms with Gasteiger partial charge in [0.2, 0.25) is 10.0 Å². The second-order valence-electron chi connectivity index (χ2n) is 5.98. The number of amides is 1.